The summed E-state index contributed by atoms with van der Waals surface area (Å²) in [4.78, 5) is 30.9. The van der Waals surface area contributed by atoms with E-state index in [1.807, 2.05) is 28.8 Å². The lowest BCUT2D eigenvalue weighted by atomic mass is 10.1. The molecule has 2 aliphatic rings. The van der Waals surface area contributed by atoms with Gasteiger partial charge in [0.25, 0.3) is 5.91 Å². The average molecular weight is 326 g/mol. The highest BCUT2D eigenvalue weighted by Crippen LogP contribution is 2.30. The molecule has 1 aromatic carbocycles. The van der Waals surface area contributed by atoms with E-state index in [0.717, 1.165) is 17.0 Å². The van der Waals surface area contributed by atoms with E-state index in [2.05, 4.69) is 10.3 Å². The smallest absolute Gasteiger partial charge is 0.264 e. The fourth-order valence-corrected chi connectivity index (χ4v) is 3.36. The molecule has 24 heavy (non-hydrogen) atoms. The van der Waals surface area contributed by atoms with Gasteiger partial charge in [0.2, 0.25) is 5.91 Å². The number of hydrogen-bond donors (Lipinski definition) is 1. The summed E-state index contributed by atoms with van der Waals surface area (Å²) in [6.07, 6.45) is 3.37. The highest BCUT2D eigenvalue weighted by atomic mass is 16.5. The number of aromatic nitrogens is 2. The maximum Gasteiger partial charge on any atom is 0.264 e. The fourth-order valence-electron chi connectivity index (χ4n) is 3.36. The van der Waals surface area contributed by atoms with E-state index in [0.29, 0.717) is 19.5 Å². The summed E-state index contributed by atoms with van der Waals surface area (Å²) in [7, 11) is 1.59. The van der Waals surface area contributed by atoms with Gasteiger partial charge in [-0.1, -0.05) is 18.2 Å². The van der Waals surface area contributed by atoms with Gasteiger partial charge in [-0.25, -0.2) is 4.98 Å². The molecular formula is C17H18N4O3. The summed E-state index contributed by atoms with van der Waals surface area (Å²) in [6.45, 7) is 0.751. The first kappa shape index (κ1) is 14.7. The number of hydrogen-bond acceptors (Lipinski definition) is 4. The van der Waals surface area contributed by atoms with Crippen molar-refractivity contribution >= 4 is 11.8 Å². The Balaban J connectivity index is 1.55. The molecule has 2 atom stereocenters. The second-order valence-corrected chi connectivity index (χ2v) is 6.06. The summed E-state index contributed by atoms with van der Waals surface area (Å²) >= 11 is 0. The van der Waals surface area contributed by atoms with Crippen LogP contribution in [-0.4, -0.2) is 46.0 Å². The second-order valence-electron chi connectivity index (χ2n) is 6.06. The van der Waals surface area contributed by atoms with E-state index < -0.39 is 12.1 Å². The predicted octanol–water partition coefficient (Wildman–Crippen LogP) is 0.516. The zero-order chi connectivity index (χ0) is 16.7. The van der Waals surface area contributed by atoms with Crippen molar-refractivity contribution in [3.05, 3.63) is 48.0 Å². The maximum atomic E-state index is 12.9. The van der Waals surface area contributed by atoms with Gasteiger partial charge in [-0.2, -0.15) is 0 Å². The Bertz CT molecular complexity index is 776. The number of imidazole rings is 1. The number of para-hydroxylation sites is 1. The summed E-state index contributed by atoms with van der Waals surface area (Å²) < 4.78 is 7.63. The Morgan fingerprint density at radius 3 is 2.96 bits per heavy atom. The number of ether oxygens (including phenoxy) is 1. The quantitative estimate of drug-likeness (QED) is 0.873. The van der Waals surface area contributed by atoms with Gasteiger partial charge in [0.15, 0.2) is 6.10 Å². The molecule has 0 saturated heterocycles. The van der Waals surface area contributed by atoms with E-state index >= 15 is 0 Å². The number of amides is 2. The lowest BCUT2D eigenvalue weighted by Gasteiger charge is -2.34. The van der Waals surface area contributed by atoms with Crippen LogP contribution in [-0.2, 0) is 22.6 Å². The minimum Gasteiger partial charge on any atom is -0.480 e. The van der Waals surface area contributed by atoms with Gasteiger partial charge in [0.05, 0.1) is 25.1 Å². The number of nitrogens with zero attached hydrogens (tertiary/aromatic N) is 3. The standard InChI is InChI=1S/C17H18N4O3/c1-18-16(22)13-9-20(8-12-7-19-10-21(12)13)17(23)15-6-11-4-2-3-5-14(11)24-15/h2-5,7,10,13,15H,6,8-9H2,1H3,(H,18,22). The molecule has 124 valence electrons. The fraction of sp³-hybridized carbons (Fsp3) is 0.353. The average Bonchev–Trinajstić information content (AvgIpc) is 3.25. The number of carbonyl (C=O) groups excluding carboxylic acids is 2. The Morgan fingerprint density at radius 1 is 1.33 bits per heavy atom. The van der Waals surface area contributed by atoms with Crippen molar-refractivity contribution in [1.82, 2.24) is 19.8 Å². The molecule has 0 fully saturated rings. The zero-order valence-corrected chi connectivity index (χ0v) is 13.3. The Morgan fingerprint density at radius 2 is 2.17 bits per heavy atom. The first-order valence-electron chi connectivity index (χ1n) is 7.93. The highest BCUT2D eigenvalue weighted by molar-refractivity contribution is 5.85. The molecule has 2 unspecified atom stereocenters. The Kier molecular flexibility index (Phi) is 3.48. The Labute approximate surface area is 139 Å². The zero-order valence-electron chi connectivity index (χ0n) is 13.3. The molecule has 1 N–H and O–H groups in total. The van der Waals surface area contributed by atoms with E-state index in [-0.39, 0.29) is 11.8 Å². The van der Waals surface area contributed by atoms with Crippen LogP contribution in [0.1, 0.15) is 17.3 Å². The van der Waals surface area contributed by atoms with Crippen LogP contribution in [0.3, 0.4) is 0 Å². The van der Waals surface area contributed by atoms with Crippen LogP contribution in [0, 0.1) is 0 Å². The molecule has 4 rings (SSSR count). The maximum absolute atomic E-state index is 12.9. The second kappa shape index (κ2) is 5.67. The normalized spacial score (nSPS) is 21.6. The van der Waals surface area contributed by atoms with Gasteiger partial charge in [0.1, 0.15) is 11.8 Å². The van der Waals surface area contributed by atoms with Gasteiger partial charge in [0, 0.05) is 19.7 Å². The first-order valence-corrected chi connectivity index (χ1v) is 7.93. The number of likely N-dealkylation sites (N-methyl/N-ethyl adjacent to an activating group) is 1. The monoisotopic (exact) mass is 326 g/mol. The SMILES string of the molecule is CNC(=O)C1CN(C(=O)C2Cc3ccccc3O2)Cc2cncn21. The number of rotatable bonds is 2. The van der Waals surface area contributed by atoms with Crippen LogP contribution >= 0.6 is 0 Å². The predicted molar refractivity (Wildman–Crippen MR) is 85.3 cm³/mol. The van der Waals surface area contributed by atoms with Crippen LogP contribution < -0.4 is 10.1 Å². The van der Waals surface area contributed by atoms with Crippen molar-refractivity contribution in [3.63, 3.8) is 0 Å². The van der Waals surface area contributed by atoms with Crippen LogP contribution in [0.5, 0.6) is 5.75 Å². The van der Waals surface area contributed by atoms with Gasteiger partial charge in [-0.15, -0.1) is 0 Å². The third-order valence-corrected chi connectivity index (χ3v) is 4.61. The van der Waals surface area contributed by atoms with E-state index in [4.69, 9.17) is 4.74 Å². The third-order valence-electron chi connectivity index (χ3n) is 4.61. The molecular weight excluding hydrogens is 308 g/mol. The summed E-state index contributed by atoms with van der Waals surface area (Å²) in [5.74, 6) is 0.538. The van der Waals surface area contributed by atoms with Crippen molar-refractivity contribution < 1.29 is 14.3 Å². The van der Waals surface area contributed by atoms with Crippen molar-refractivity contribution in [3.8, 4) is 5.75 Å². The summed E-state index contributed by atoms with van der Waals surface area (Å²) in [6, 6.07) is 7.22. The van der Waals surface area contributed by atoms with E-state index in [9.17, 15) is 9.59 Å². The van der Waals surface area contributed by atoms with Gasteiger partial charge >= 0.3 is 0 Å². The van der Waals surface area contributed by atoms with Crippen LogP contribution in [0.15, 0.2) is 36.8 Å². The lowest BCUT2D eigenvalue weighted by molar-refractivity contribution is -0.141. The molecule has 0 radical (unpaired) electrons. The van der Waals surface area contributed by atoms with Crippen molar-refractivity contribution in [1.29, 1.82) is 0 Å². The van der Waals surface area contributed by atoms with Crippen molar-refractivity contribution in [2.24, 2.45) is 0 Å². The molecule has 3 heterocycles. The van der Waals surface area contributed by atoms with Crippen molar-refractivity contribution in [2.75, 3.05) is 13.6 Å². The molecule has 0 spiro atoms. The third kappa shape index (κ3) is 2.33. The molecule has 0 aliphatic carbocycles. The molecule has 0 saturated carbocycles. The number of carbonyl (C=O) groups is 2. The number of nitrogens with one attached hydrogen (secondary N) is 1. The topological polar surface area (TPSA) is 76.5 Å². The molecule has 2 amide bonds. The molecule has 7 nitrogen and oxygen atoms in total. The Hall–Kier alpha value is -2.83. The number of benzene rings is 1. The van der Waals surface area contributed by atoms with Crippen LogP contribution in [0.25, 0.3) is 0 Å². The molecule has 7 heteroatoms. The molecule has 1 aromatic heterocycles. The van der Waals surface area contributed by atoms with Gasteiger partial charge in [-0.05, 0) is 11.6 Å². The van der Waals surface area contributed by atoms with E-state index in [1.54, 1.807) is 24.5 Å². The lowest BCUT2D eigenvalue weighted by Crippen LogP contribution is -2.49. The molecule has 2 aliphatic heterocycles. The number of fused-ring (bicyclic) bond motifs is 2. The molecule has 0 bridgehead atoms. The highest BCUT2D eigenvalue weighted by Gasteiger charge is 2.37. The minimum atomic E-state index is -0.526. The largest absolute Gasteiger partial charge is 0.480 e. The summed E-state index contributed by atoms with van der Waals surface area (Å²) in [5.41, 5.74) is 1.89. The summed E-state index contributed by atoms with van der Waals surface area (Å²) in [5, 5.41) is 2.65. The van der Waals surface area contributed by atoms with Crippen LogP contribution in [0.4, 0.5) is 0 Å². The van der Waals surface area contributed by atoms with Crippen LogP contribution in [0.2, 0.25) is 0 Å². The van der Waals surface area contributed by atoms with Gasteiger partial charge < -0.3 is 19.5 Å². The first-order chi connectivity index (χ1) is 11.7. The molecule has 2 aromatic rings. The van der Waals surface area contributed by atoms with Gasteiger partial charge in [-0.3, -0.25) is 9.59 Å². The van der Waals surface area contributed by atoms with E-state index in [1.165, 1.54) is 0 Å². The van der Waals surface area contributed by atoms with Crippen molar-refractivity contribution in [2.45, 2.75) is 25.1 Å². The minimum absolute atomic E-state index is 0.0902.